The lowest BCUT2D eigenvalue weighted by Gasteiger charge is -2.25. The summed E-state index contributed by atoms with van der Waals surface area (Å²) in [6.45, 7) is 2.16. The van der Waals surface area contributed by atoms with Gasteiger partial charge in [-0.2, -0.15) is 0 Å². The zero-order valence-corrected chi connectivity index (χ0v) is 23.2. The van der Waals surface area contributed by atoms with E-state index in [0.29, 0.717) is 23.2 Å². The zero-order chi connectivity index (χ0) is 27.5. The molecule has 1 saturated carbocycles. The Morgan fingerprint density at radius 1 is 0.850 bits per heavy atom. The van der Waals surface area contributed by atoms with Crippen LogP contribution in [0.1, 0.15) is 55.4 Å². The van der Waals surface area contributed by atoms with Gasteiger partial charge in [0.05, 0.1) is 23.2 Å². The molecule has 5 aromatic rings. The molecule has 1 fully saturated rings. The first kappa shape index (κ1) is 26.1. The van der Waals surface area contributed by atoms with E-state index in [1.807, 2.05) is 85.8 Å². The second-order valence-electron chi connectivity index (χ2n) is 10.2. The minimum Gasteiger partial charge on any atom is -0.462 e. The fourth-order valence-electron chi connectivity index (χ4n) is 5.57. The molecule has 202 valence electrons. The molecule has 0 aliphatic heterocycles. The van der Waals surface area contributed by atoms with Crippen LogP contribution in [0, 0.1) is 0 Å². The molecule has 0 N–H and O–H groups in total. The van der Waals surface area contributed by atoms with Crippen LogP contribution in [0.5, 0.6) is 11.5 Å². The number of benzene rings is 4. The van der Waals surface area contributed by atoms with Crippen molar-refractivity contribution in [2.45, 2.75) is 45.1 Å². The van der Waals surface area contributed by atoms with Gasteiger partial charge in [0, 0.05) is 16.6 Å². The van der Waals surface area contributed by atoms with Gasteiger partial charge in [0.2, 0.25) is 0 Å². The number of hydrogen-bond acceptors (Lipinski definition) is 4. The molecule has 0 bridgehead atoms. The summed E-state index contributed by atoms with van der Waals surface area (Å²) in [5.74, 6) is 2.10. The summed E-state index contributed by atoms with van der Waals surface area (Å²) in [7, 11) is 0. The van der Waals surface area contributed by atoms with Gasteiger partial charge in [-0.3, -0.25) is 0 Å². The number of aromatic nitrogens is 2. The summed E-state index contributed by atoms with van der Waals surface area (Å²) >= 11 is 6.19. The first-order chi connectivity index (χ1) is 19.6. The fraction of sp³-hybridized carbons (Fsp3) is 0.235. The summed E-state index contributed by atoms with van der Waals surface area (Å²) in [4.78, 5) is 17.4. The molecule has 0 spiro atoms. The molecule has 0 radical (unpaired) electrons. The normalized spacial score (nSPS) is 13.8. The Hall–Kier alpha value is -4.09. The van der Waals surface area contributed by atoms with E-state index >= 15 is 0 Å². The standard InChI is InChI=1S/C34H31ClN2O3/c1-2-39-34(38)26-16-19-32-31(22-26)36-33(37(32)28-11-4-3-5-12-28)23-14-17-29(18-15-23)40-30-13-7-9-25(21-30)24-8-6-10-27(35)20-24/h6-10,13-22,28H,2-5,11-12H2,1H3. The van der Waals surface area contributed by atoms with Crippen molar-refractivity contribution in [2.24, 2.45) is 0 Å². The number of carbonyl (C=O) groups excluding carboxylic acids is 1. The third kappa shape index (κ3) is 5.47. The highest BCUT2D eigenvalue weighted by atomic mass is 35.5. The highest BCUT2D eigenvalue weighted by Crippen LogP contribution is 2.37. The highest BCUT2D eigenvalue weighted by Gasteiger charge is 2.23. The number of fused-ring (bicyclic) bond motifs is 1. The molecule has 1 aliphatic rings. The van der Waals surface area contributed by atoms with E-state index in [4.69, 9.17) is 26.1 Å². The van der Waals surface area contributed by atoms with Crippen molar-refractivity contribution in [1.29, 1.82) is 0 Å². The number of ether oxygens (including phenoxy) is 2. The van der Waals surface area contributed by atoms with E-state index in [2.05, 4.69) is 16.7 Å². The van der Waals surface area contributed by atoms with Crippen LogP contribution in [0.25, 0.3) is 33.5 Å². The molecule has 4 aromatic carbocycles. The maximum Gasteiger partial charge on any atom is 0.338 e. The van der Waals surface area contributed by atoms with Crippen LogP contribution in [0.4, 0.5) is 0 Å². The van der Waals surface area contributed by atoms with Gasteiger partial charge < -0.3 is 14.0 Å². The second kappa shape index (κ2) is 11.6. The number of esters is 1. The fourth-order valence-corrected chi connectivity index (χ4v) is 5.76. The Balaban J connectivity index is 1.31. The maximum absolute atomic E-state index is 12.4. The van der Waals surface area contributed by atoms with Crippen LogP contribution in [0.3, 0.4) is 0 Å². The van der Waals surface area contributed by atoms with Gasteiger partial charge in [0.1, 0.15) is 17.3 Å². The predicted octanol–water partition coefficient (Wildman–Crippen LogP) is 9.50. The summed E-state index contributed by atoms with van der Waals surface area (Å²) < 4.78 is 13.8. The van der Waals surface area contributed by atoms with Gasteiger partial charge in [-0.15, -0.1) is 0 Å². The first-order valence-electron chi connectivity index (χ1n) is 13.9. The highest BCUT2D eigenvalue weighted by molar-refractivity contribution is 6.30. The smallest absolute Gasteiger partial charge is 0.338 e. The van der Waals surface area contributed by atoms with Gasteiger partial charge in [0.25, 0.3) is 0 Å². The molecule has 0 unspecified atom stereocenters. The number of halogens is 1. The van der Waals surface area contributed by atoms with Gasteiger partial charge >= 0.3 is 5.97 Å². The number of imidazole rings is 1. The lowest BCUT2D eigenvalue weighted by molar-refractivity contribution is 0.0526. The van der Waals surface area contributed by atoms with Crippen molar-refractivity contribution < 1.29 is 14.3 Å². The average molecular weight is 551 g/mol. The largest absolute Gasteiger partial charge is 0.462 e. The van der Waals surface area contributed by atoms with E-state index in [1.54, 1.807) is 0 Å². The minimum absolute atomic E-state index is 0.320. The lowest BCUT2D eigenvalue weighted by Crippen LogP contribution is -2.14. The summed E-state index contributed by atoms with van der Waals surface area (Å²) in [5, 5.41) is 0.704. The Kier molecular flexibility index (Phi) is 7.56. The Labute approximate surface area is 239 Å². The molecule has 5 nitrogen and oxygen atoms in total. The average Bonchev–Trinajstić information content (AvgIpc) is 3.37. The van der Waals surface area contributed by atoms with Crippen molar-refractivity contribution in [1.82, 2.24) is 9.55 Å². The lowest BCUT2D eigenvalue weighted by atomic mass is 9.95. The SMILES string of the molecule is CCOC(=O)c1ccc2c(c1)nc(-c1ccc(Oc3cccc(-c4cccc(Cl)c4)c3)cc1)n2C1CCCCC1. The van der Waals surface area contributed by atoms with Crippen molar-refractivity contribution in [3.63, 3.8) is 0 Å². The first-order valence-corrected chi connectivity index (χ1v) is 14.3. The molecular formula is C34H31ClN2O3. The number of hydrogen-bond donors (Lipinski definition) is 0. The van der Waals surface area contributed by atoms with E-state index < -0.39 is 0 Å². The zero-order valence-electron chi connectivity index (χ0n) is 22.5. The Bertz CT molecular complexity index is 1650. The van der Waals surface area contributed by atoms with Crippen LogP contribution >= 0.6 is 11.6 Å². The quantitative estimate of drug-likeness (QED) is 0.189. The van der Waals surface area contributed by atoms with E-state index in [-0.39, 0.29) is 5.97 Å². The molecular weight excluding hydrogens is 520 g/mol. The Morgan fingerprint density at radius 3 is 2.35 bits per heavy atom. The molecule has 6 heteroatoms. The molecule has 1 aromatic heterocycles. The molecule has 1 aliphatic carbocycles. The molecule has 0 amide bonds. The molecule has 40 heavy (non-hydrogen) atoms. The maximum atomic E-state index is 12.4. The van der Waals surface area contributed by atoms with Crippen LogP contribution in [-0.4, -0.2) is 22.1 Å². The predicted molar refractivity (Wildman–Crippen MR) is 160 cm³/mol. The third-order valence-corrected chi connectivity index (χ3v) is 7.72. The monoisotopic (exact) mass is 550 g/mol. The van der Waals surface area contributed by atoms with Gasteiger partial charge in [0.15, 0.2) is 0 Å². The van der Waals surface area contributed by atoms with E-state index in [0.717, 1.165) is 57.9 Å². The van der Waals surface area contributed by atoms with Crippen LogP contribution < -0.4 is 4.74 Å². The molecule has 1 heterocycles. The van der Waals surface area contributed by atoms with Crippen molar-refractivity contribution in [3.8, 4) is 34.0 Å². The van der Waals surface area contributed by atoms with Crippen molar-refractivity contribution >= 4 is 28.6 Å². The number of rotatable bonds is 7. The third-order valence-electron chi connectivity index (χ3n) is 7.48. The molecule has 6 rings (SSSR count). The summed E-state index contributed by atoms with van der Waals surface area (Å²) in [6.07, 6.45) is 5.96. The van der Waals surface area contributed by atoms with Crippen LogP contribution in [0.15, 0.2) is 91.0 Å². The van der Waals surface area contributed by atoms with Gasteiger partial charge in [-0.25, -0.2) is 9.78 Å². The van der Waals surface area contributed by atoms with Gasteiger partial charge in [-0.05, 0) is 97.6 Å². The van der Waals surface area contributed by atoms with Crippen LogP contribution in [0.2, 0.25) is 5.02 Å². The number of nitrogens with zero attached hydrogens (tertiary/aromatic N) is 2. The van der Waals surface area contributed by atoms with Crippen molar-refractivity contribution in [2.75, 3.05) is 6.61 Å². The summed E-state index contributed by atoms with van der Waals surface area (Å²) in [6, 6.07) is 30.0. The Morgan fingerprint density at radius 2 is 1.60 bits per heavy atom. The van der Waals surface area contributed by atoms with Crippen molar-refractivity contribution in [3.05, 3.63) is 102 Å². The second-order valence-corrected chi connectivity index (χ2v) is 10.6. The van der Waals surface area contributed by atoms with Gasteiger partial charge in [-0.1, -0.05) is 55.1 Å². The molecule has 0 atom stereocenters. The topological polar surface area (TPSA) is 53.4 Å². The minimum atomic E-state index is -0.320. The van der Waals surface area contributed by atoms with E-state index in [9.17, 15) is 4.79 Å². The number of carbonyl (C=O) groups is 1. The molecule has 0 saturated heterocycles. The van der Waals surface area contributed by atoms with Crippen LogP contribution in [-0.2, 0) is 4.74 Å². The summed E-state index contributed by atoms with van der Waals surface area (Å²) in [5.41, 5.74) is 5.48. The van der Waals surface area contributed by atoms with E-state index in [1.165, 1.54) is 19.3 Å².